The van der Waals surface area contributed by atoms with Crippen molar-refractivity contribution < 1.29 is 242 Å². The summed E-state index contributed by atoms with van der Waals surface area (Å²) in [6, 6.07) is 60.1. The van der Waals surface area contributed by atoms with E-state index in [4.69, 9.17) is 88.5 Å². The molecule has 0 aliphatic rings. The third kappa shape index (κ3) is 35.3. The number of hydrogen-bond acceptors (Lipinski definition) is 24. The van der Waals surface area contributed by atoms with Crippen LogP contribution in [0.5, 0.6) is 23.0 Å². The molecule has 11 N–H and O–H groups in total. The minimum Gasteiger partial charge on any atom is -1.00 e. The van der Waals surface area contributed by atoms with Gasteiger partial charge in [0.15, 0.2) is 0 Å². The molecule has 0 unspecified atom stereocenters. The van der Waals surface area contributed by atoms with Crippen LogP contribution in [0.2, 0.25) is 0 Å². The molecule has 4 aromatic heterocycles. The molecule has 0 atom stereocenters. The van der Waals surface area contributed by atoms with Gasteiger partial charge in [-0.3, -0.25) is 24.0 Å². The van der Waals surface area contributed by atoms with Gasteiger partial charge in [0.25, 0.3) is 6.47 Å². The van der Waals surface area contributed by atoms with Gasteiger partial charge in [0, 0.05) is 113 Å². The van der Waals surface area contributed by atoms with Crippen molar-refractivity contribution in [3.63, 3.8) is 0 Å². The van der Waals surface area contributed by atoms with Crippen molar-refractivity contribution in [1.82, 2.24) is 0 Å². The molecule has 25 nitrogen and oxygen atoms in total. The number of phenolic OH excluding ortho intramolecular Hbond substituents is 1. The molecule has 0 radical (unpaired) electrons. The maximum Gasteiger partial charge on any atom is 1.00 e. The van der Waals surface area contributed by atoms with Crippen LogP contribution in [-0.2, 0) is 114 Å². The van der Waals surface area contributed by atoms with Gasteiger partial charge in [0.1, 0.15) is 82.6 Å². The van der Waals surface area contributed by atoms with E-state index in [1.54, 1.807) is 100 Å². The van der Waals surface area contributed by atoms with Crippen molar-refractivity contribution in [1.29, 1.82) is 0 Å². The van der Waals surface area contributed by atoms with Crippen molar-refractivity contribution >= 4 is 147 Å². The van der Waals surface area contributed by atoms with E-state index in [1.807, 2.05) is 143 Å². The molecule has 0 saturated carbocycles. The van der Waals surface area contributed by atoms with E-state index in [-0.39, 0.29) is 252 Å². The van der Waals surface area contributed by atoms with Gasteiger partial charge in [-0.2, -0.15) is 0 Å². The minimum atomic E-state index is -1.78. The summed E-state index contributed by atoms with van der Waals surface area (Å²) in [5.41, 5.74) is 33.3. The molecule has 0 aliphatic heterocycles. The number of aryl methyl sites for hydroxylation is 4. The summed E-state index contributed by atoms with van der Waals surface area (Å²) < 4.78 is 100. The molecular formula is C100H100BBr3ClF3K2LiN3O22. The number of carboxylic acid groups (broad SMARTS) is 1. The van der Waals surface area contributed by atoms with Gasteiger partial charge < -0.3 is 101 Å². The van der Waals surface area contributed by atoms with Crippen LogP contribution < -0.4 is 164 Å². The number of esters is 3. The zero-order chi connectivity index (χ0) is 94.8. The number of aliphatic carboxylic acids is 1. The van der Waals surface area contributed by atoms with Crippen LogP contribution in [0.1, 0.15) is 106 Å². The van der Waals surface area contributed by atoms with Crippen LogP contribution in [0.4, 0.5) is 13.2 Å². The van der Waals surface area contributed by atoms with Crippen LogP contribution in [0, 0.1) is 45.1 Å². The molecule has 702 valence electrons. The standard InChI is InChI=1S/C27H26FNO4.C25H22FNO4.C20H19BrO4.C11H14O3.C9H6Br2O.C7H9BFNO2.CH2O3.ClH.2K.Li.H2O.H/c1-3-31-25(30)14-19-8-7-17(2)11-24(19)33-16-18-12-20-9-10-32-27(20)23(13-18)22-6-4-5-21(15-29)26(22)28;1-15-5-6-17(12-23(28)29)22(9-15)31-14-16-10-18-7-8-30-25(18)21(11-16)20-4-2-3-19(13-27)24(20)26;1-3-23-19(22)11-15-5-4-13(2)8-18(15)25-12-14-9-16-6-7-24-20(16)17(21)10-14;1-3-14-11(13)7-9-5-4-8(2)6-10(9)12;10-5-6-3-7-1-2-12-9(7)8(11)4-6;9-7-5(4-10)2-1-3-6(7)8(11)12;2-1-4-3;;;;;;/h4-13H,3,14-16,29H2,1-2H3;2-11H,12-14,27H2,1H3,(H,28,29);4-10H,3,11-12H2,1-2H3;4-6,12H,3,7H2,1-2H3;1-4H,5H2;1-3,11-12H,4,10H2;1,3H;1H;;;;1H2;/q;;;;;;;;3*+1;;-1/p-2. The molecule has 0 spiro atoms. The number of carbonyl (C=O) groups is 5. The summed E-state index contributed by atoms with van der Waals surface area (Å²) in [5.74, 6) is -1.17. The first-order valence-corrected chi connectivity index (χ1v) is 43.8. The molecule has 15 rings (SSSR count). The van der Waals surface area contributed by atoms with Gasteiger partial charge in [-0.05, 0) is 222 Å². The second-order valence-electron chi connectivity index (χ2n) is 29.3. The number of benzene rings is 11. The third-order valence-corrected chi connectivity index (χ3v) is 21.5. The molecule has 0 amide bonds. The molecule has 36 heteroatoms. The molecular weight excluding hydrogens is 2020 g/mol. The summed E-state index contributed by atoms with van der Waals surface area (Å²) in [6.07, 6.45) is 6.85. The second kappa shape index (κ2) is 61.0. The van der Waals surface area contributed by atoms with E-state index in [0.29, 0.717) is 99.3 Å². The first-order chi connectivity index (χ1) is 63.0. The summed E-state index contributed by atoms with van der Waals surface area (Å²) in [7, 11) is -1.78. The molecule has 4 heterocycles. The third-order valence-electron chi connectivity index (χ3n) is 19.7. The van der Waals surface area contributed by atoms with Crippen molar-refractivity contribution in [2.75, 3.05) is 19.8 Å². The number of halogens is 7. The topological polar surface area (TPSA) is 415 Å². The van der Waals surface area contributed by atoms with Gasteiger partial charge in [-0.1, -0.05) is 119 Å². The Hall–Kier alpha value is -8.69. The van der Waals surface area contributed by atoms with Crippen molar-refractivity contribution in [3.8, 4) is 45.3 Å². The fourth-order valence-electron chi connectivity index (χ4n) is 13.5. The van der Waals surface area contributed by atoms with Crippen LogP contribution in [0.25, 0.3) is 66.1 Å². The quantitative estimate of drug-likeness (QED) is 0.00455. The van der Waals surface area contributed by atoms with Crippen LogP contribution >= 0.6 is 60.2 Å². The monoisotopic (exact) mass is 2120 g/mol. The smallest absolute Gasteiger partial charge is 1.00 e. The van der Waals surface area contributed by atoms with Crippen LogP contribution in [0.3, 0.4) is 0 Å². The number of ether oxygens (including phenoxy) is 6. The van der Waals surface area contributed by atoms with Gasteiger partial charge in [0.05, 0.1) is 79.5 Å². The number of aromatic hydroxyl groups is 1. The van der Waals surface area contributed by atoms with Gasteiger partial charge >= 0.3 is 153 Å². The normalized spacial score (nSPS) is 10.2. The minimum absolute atomic E-state index is 0. The van der Waals surface area contributed by atoms with Gasteiger partial charge in [-0.25, -0.2) is 13.2 Å². The number of fused-ring (bicyclic) bond motifs is 4. The predicted octanol–water partition coefficient (Wildman–Crippen LogP) is 10.8. The maximum absolute atomic E-state index is 15.1. The SMILES string of the molecule is BrCc1cc(Br)c2occc2c1.CCOC(=O)Cc1ccc(C)cc1O.CCOC(=O)Cc1ccc(C)cc1OCc1cc(-c2cccc(CN)c2F)c2occc2c1.CCOC(=O)Cc1ccc(C)cc1OCc1cc(Br)c2occc2c1.Cc1ccc(CC(=O)O)c(OCc2cc(-c3cccc(CN)c3F)c3occc3c2)c1.Cl.NCc1cccc(B(O)O)c1F.O=CO[O-].[H-].[K+].[K+].[Li+].[OH-]. The largest absolute Gasteiger partial charge is 1.00 e. The Morgan fingerprint density at radius 1 is 0.441 bits per heavy atom. The number of carbonyl (C=O) groups excluding carboxylic acids is 4. The predicted molar refractivity (Wildman–Crippen MR) is 513 cm³/mol. The zero-order valence-corrected chi connectivity index (χ0v) is 88.3. The number of furan rings is 4. The van der Waals surface area contributed by atoms with Crippen molar-refractivity contribution in [2.24, 2.45) is 17.2 Å². The first-order valence-electron chi connectivity index (χ1n) is 41.1. The fraction of sp³-hybridized carbons (Fsp3) is 0.210. The number of phenols is 1. The molecule has 0 saturated heterocycles. The fourth-order valence-corrected chi connectivity index (χ4v) is 15.0. The Morgan fingerprint density at radius 3 is 1.10 bits per heavy atom. The molecule has 0 bridgehead atoms. The van der Waals surface area contributed by atoms with Gasteiger partial charge in [0.2, 0.25) is 0 Å². The average Bonchev–Trinajstić information content (AvgIpc) is 1.74. The molecule has 0 fully saturated rings. The van der Waals surface area contributed by atoms with E-state index in [2.05, 4.69) is 64.8 Å². The van der Waals surface area contributed by atoms with E-state index < -0.39 is 18.9 Å². The summed E-state index contributed by atoms with van der Waals surface area (Å²) in [4.78, 5) is 57.3. The number of rotatable bonds is 28. The molecule has 136 heavy (non-hydrogen) atoms. The maximum atomic E-state index is 15.1. The molecule has 15 aromatic rings. The Labute approximate surface area is 914 Å². The van der Waals surface area contributed by atoms with E-state index in [9.17, 15) is 33.1 Å². The van der Waals surface area contributed by atoms with Crippen molar-refractivity contribution in [3.05, 3.63) is 335 Å². The van der Waals surface area contributed by atoms with E-state index in [0.717, 1.165) is 97.1 Å². The summed E-state index contributed by atoms with van der Waals surface area (Å²) in [6.45, 7) is 15.1. The molecule has 0 aliphatic carbocycles. The van der Waals surface area contributed by atoms with E-state index >= 15 is 4.39 Å². The van der Waals surface area contributed by atoms with Crippen molar-refractivity contribution in [2.45, 2.75) is 119 Å². The Bertz CT molecular complexity index is 6440. The van der Waals surface area contributed by atoms with Gasteiger partial charge in [-0.15, -0.1) is 12.4 Å². The number of alkyl halides is 1. The van der Waals surface area contributed by atoms with Crippen LogP contribution in [-0.4, -0.2) is 83.0 Å². The number of carboxylic acids is 1. The second-order valence-corrected chi connectivity index (χ2v) is 31.6. The Kier molecular flexibility index (Phi) is 53.6. The number of hydrogen-bond donors (Lipinski definition) is 7. The zero-order valence-electron chi connectivity index (χ0n) is 77.5. The van der Waals surface area contributed by atoms with E-state index in [1.165, 1.54) is 23.8 Å². The number of nitrogens with two attached hydrogens (primary N) is 3. The Balaban J connectivity index is 0.000000432. The Morgan fingerprint density at radius 2 is 0.757 bits per heavy atom. The summed E-state index contributed by atoms with van der Waals surface area (Å²) in [5, 5.41) is 49.2. The average molecular weight is 2120 g/mol. The summed E-state index contributed by atoms with van der Waals surface area (Å²) >= 11 is 10.4. The first kappa shape index (κ1) is 120. The van der Waals surface area contributed by atoms with Crippen LogP contribution in [0.15, 0.2) is 252 Å². The molecule has 11 aromatic carbocycles.